The number of carbonyl (C=O) groups is 3. The molecule has 1 aromatic rings. The van der Waals surface area contributed by atoms with Crippen LogP contribution < -0.4 is 0 Å². The number of halogens is 1. The van der Waals surface area contributed by atoms with Gasteiger partial charge in [0.25, 0.3) is 0 Å². The molecule has 0 aliphatic carbocycles. The standard InChI is InChI=1S/C27H32ClN3O5S/c1-5-35-25(33)18-9-8-12-30(14-18)22(32)13-19-15-37-27-29-17(4)23(26(34)36-16(2)3)24(31(19)27)20-10-6-7-11-21(20)28/h6-7,10-11,15-16,18,24H,5,8-9,12-14H2,1-4H3/t18-,24-/m0/s1. The molecule has 10 heteroatoms. The van der Waals surface area contributed by atoms with Crippen molar-refractivity contribution < 1.29 is 23.9 Å². The average molecular weight is 546 g/mol. The Morgan fingerprint density at radius 2 is 2.00 bits per heavy atom. The molecule has 0 unspecified atom stereocenters. The SMILES string of the molecule is CCOC(=O)[C@H]1CCCN(C(=O)CC2=CSC3=NC(C)=C(C(=O)OC(C)C)[C@H](c4ccccc4Cl)N23)C1. The normalized spacial score (nSPS) is 21.5. The highest BCUT2D eigenvalue weighted by atomic mass is 35.5. The van der Waals surface area contributed by atoms with Crippen molar-refractivity contribution in [3.8, 4) is 0 Å². The Labute approximate surface area is 226 Å². The van der Waals surface area contributed by atoms with Gasteiger partial charge >= 0.3 is 11.9 Å². The van der Waals surface area contributed by atoms with Gasteiger partial charge in [-0.25, -0.2) is 9.79 Å². The highest BCUT2D eigenvalue weighted by molar-refractivity contribution is 8.16. The van der Waals surface area contributed by atoms with Crippen LogP contribution in [0.2, 0.25) is 5.02 Å². The van der Waals surface area contributed by atoms with Gasteiger partial charge in [0.1, 0.15) is 0 Å². The van der Waals surface area contributed by atoms with Gasteiger partial charge in [-0.15, -0.1) is 0 Å². The zero-order valence-electron chi connectivity index (χ0n) is 21.5. The minimum absolute atomic E-state index is 0.0856. The predicted molar refractivity (Wildman–Crippen MR) is 144 cm³/mol. The number of likely N-dealkylation sites (tertiary alicyclic amines) is 1. The van der Waals surface area contributed by atoms with Crippen LogP contribution in [0.5, 0.6) is 0 Å². The van der Waals surface area contributed by atoms with Crippen LogP contribution >= 0.6 is 23.4 Å². The highest BCUT2D eigenvalue weighted by Crippen LogP contribution is 2.46. The molecule has 0 N–H and O–H groups in total. The van der Waals surface area contributed by atoms with Gasteiger partial charge in [-0.05, 0) is 57.6 Å². The molecule has 0 saturated carbocycles. The van der Waals surface area contributed by atoms with E-state index in [2.05, 4.69) is 4.99 Å². The van der Waals surface area contributed by atoms with Crippen molar-refractivity contribution in [3.05, 3.63) is 57.2 Å². The van der Waals surface area contributed by atoms with Crippen LogP contribution in [0.1, 0.15) is 58.6 Å². The lowest BCUT2D eigenvalue weighted by atomic mass is 9.93. The van der Waals surface area contributed by atoms with Gasteiger partial charge < -0.3 is 19.3 Å². The van der Waals surface area contributed by atoms with E-state index in [-0.39, 0.29) is 30.3 Å². The number of ether oxygens (including phenoxy) is 2. The van der Waals surface area contributed by atoms with E-state index in [1.807, 2.05) is 28.5 Å². The van der Waals surface area contributed by atoms with E-state index >= 15 is 0 Å². The van der Waals surface area contributed by atoms with Crippen LogP contribution in [0.3, 0.4) is 0 Å². The molecule has 37 heavy (non-hydrogen) atoms. The number of amidine groups is 1. The number of esters is 2. The molecule has 8 nitrogen and oxygen atoms in total. The molecule has 0 spiro atoms. The summed E-state index contributed by atoms with van der Waals surface area (Å²) in [5.74, 6) is -1.11. The second-order valence-corrected chi connectivity index (χ2v) is 10.7. The number of nitrogens with zero attached hydrogens (tertiary/aromatic N) is 3. The van der Waals surface area contributed by atoms with Crippen LogP contribution in [-0.4, -0.2) is 58.6 Å². The van der Waals surface area contributed by atoms with Crippen molar-refractivity contribution in [2.24, 2.45) is 10.9 Å². The fourth-order valence-electron chi connectivity index (χ4n) is 4.82. The summed E-state index contributed by atoms with van der Waals surface area (Å²) in [6.45, 7) is 8.43. The summed E-state index contributed by atoms with van der Waals surface area (Å²) in [5, 5.41) is 3.08. The van der Waals surface area contributed by atoms with Crippen molar-refractivity contribution in [2.45, 2.75) is 59.1 Å². The van der Waals surface area contributed by atoms with Crippen LogP contribution in [0.4, 0.5) is 0 Å². The summed E-state index contributed by atoms with van der Waals surface area (Å²) >= 11 is 8.04. The first-order valence-corrected chi connectivity index (χ1v) is 13.8. The lowest BCUT2D eigenvalue weighted by Crippen LogP contribution is -2.44. The van der Waals surface area contributed by atoms with Gasteiger partial charge in [0.05, 0.1) is 42.4 Å². The number of hydrogen-bond acceptors (Lipinski definition) is 8. The fourth-order valence-corrected chi connectivity index (χ4v) is 6.03. The molecule has 1 saturated heterocycles. The van der Waals surface area contributed by atoms with Gasteiger partial charge in [-0.2, -0.15) is 0 Å². The Balaban J connectivity index is 1.62. The third-order valence-corrected chi connectivity index (χ3v) is 7.72. The smallest absolute Gasteiger partial charge is 0.338 e. The molecule has 2 atom stereocenters. The Bertz CT molecular complexity index is 1180. The van der Waals surface area contributed by atoms with Crippen LogP contribution in [0, 0.1) is 5.92 Å². The third kappa shape index (κ3) is 5.88. The monoisotopic (exact) mass is 545 g/mol. The minimum Gasteiger partial charge on any atom is -0.466 e. The zero-order valence-corrected chi connectivity index (χ0v) is 23.1. The Hall–Kier alpha value is -2.78. The first-order chi connectivity index (χ1) is 17.7. The van der Waals surface area contributed by atoms with Crippen LogP contribution in [0.15, 0.2) is 51.6 Å². The number of piperidine rings is 1. The molecular formula is C27H32ClN3O5S. The molecule has 1 amide bonds. The van der Waals surface area contributed by atoms with E-state index in [0.717, 1.165) is 17.7 Å². The topological polar surface area (TPSA) is 88.5 Å². The van der Waals surface area contributed by atoms with Crippen LogP contribution in [-0.2, 0) is 23.9 Å². The number of allylic oxidation sites excluding steroid dienone is 1. The maximum Gasteiger partial charge on any atom is 0.338 e. The lowest BCUT2D eigenvalue weighted by Gasteiger charge is -2.37. The largest absolute Gasteiger partial charge is 0.466 e. The van der Waals surface area contributed by atoms with Gasteiger partial charge in [-0.1, -0.05) is 41.6 Å². The van der Waals surface area contributed by atoms with Gasteiger partial charge in [-0.3, -0.25) is 9.59 Å². The zero-order chi connectivity index (χ0) is 26.7. The molecule has 3 aliphatic rings. The molecule has 198 valence electrons. The van der Waals surface area contributed by atoms with Crippen molar-refractivity contribution in [3.63, 3.8) is 0 Å². The summed E-state index contributed by atoms with van der Waals surface area (Å²) in [5.41, 5.74) is 2.41. The van der Waals surface area contributed by atoms with Gasteiger partial charge in [0.2, 0.25) is 5.91 Å². The second-order valence-electron chi connectivity index (χ2n) is 9.48. The fraction of sp³-hybridized carbons (Fsp3) is 0.481. The molecule has 0 radical (unpaired) electrons. The third-order valence-electron chi connectivity index (χ3n) is 6.49. The molecule has 1 aromatic carbocycles. The van der Waals surface area contributed by atoms with Crippen molar-refractivity contribution in [1.82, 2.24) is 9.80 Å². The summed E-state index contributed by atoms with van der Waals surface area (Å²) < 4.78 is 10.8. The maximum atomic E-state index is 13.4. The second kappa shape index (κ2) is 11.7. The van der Waals surface area contributed by atoms with Crippen molar-refractivity contribution >= 4 is 46.4 Å². The molecule has 0 bridgehead atoms. The van der Waals surface area contributed by atoms with E-state index in [4.69, 9.17) is 21.1 Å². The number of aliphatic imine (C=N–C) groups is 1. The van der Waals surface area contributed by atoms with E-state index in [0.29, 0.717) is 47.6 Å². The number of thioether (sulfide) groups is 1. The number of fused-ring (bicyclic) bond motifs is 1. The lowest BCUT2D eigenvalue weighted by molar-refractivity contribution is -0.151. The molecule has 3 heterocycles. The molecule has 3 aliphatic heterocycles. The van der Waals surface area contributed by atoms with Crippen molar-refractivity contribution in [2.75, 3.05) is 19.7 Å². The molecular weight excluding hydrogens is 514 g/mol. The molecule has 1 fully saturated rings. The first kappa shape index (κ1) is 27.3. The number of rotatable bonds is 7. The van der Waals surface area contributed by atoms with E-state index in [9.17, 15) is 14.4 Å². The van der Waals surface area contributed by atoms with Gasteiger partial charge in [0.15, 0.2) is 5.17 Å². The predicted octanol–water partition coefficient (Wildman–Crippen LogP) is 5.06. The Morgan fingerprint density at radius 3 is 2.70 bits per heavy atom. The molecule has 0 aromatic heterocycles. The van der Waals surface area contributed by atoms with E-state index < -0.39 is 12.0 Å². The number of hydrogen-bond donors (Lipinski definition) is 0. The summed E-state index contributed by atoms with van der Waals surface area (Å²) in [4.78, 5) is 47.3. The first-order valence-electron chi connectivity index (χ1n) is 12.5. The quantitative estimate of drug-likeness (QED) is 0.442. The summed E-state index contributed by atoms with van der Waals surface area (Å²) in [6.07, 6.45) is 1.26. The number of carbonyl (C=O) groups excluding carboxylic acids is 3. The Kier molecular flexibility index (Phi) is 8.64. The molecule has 4 rings (SSSR count). The maximum absolute atomic E-state index is 13.4. The summed E-state index contributed by atoms with van der Waals surface area (Å²) in [6, 6.07) is 6.78. The van der Waals surface area contributed by atoms with E-state index in [1.165, 1.54) is 11.8 Å². The van der Waals surface area contributed by atoms with Crippen LogP contribution in [0.25, 0.3) is 0 Å². The number of amides is 1. The van der Waals surface area contributed by atoms with Crippen molar-refractivity contribution in [1.29, 1.82) is 0 Å². The number of benzene rings is 1. The minimum atomic E-state index is -0.588. The highest BCUT2D eigenvalue weighted by Gasteiger charge is 2.42. The van der Waals surface area contributed by atoms with Gasteiger partial charge in [0, 0.05) is 23.8 Å². The Morgan fingerprint density at radius 1 is 1.24 bits per heavy atom. The summed E-state index contributed by atoms with van der Waals surface area (Å²) in [7, 11) is 0. The average Bonchev–Trinajstić information content (AvgIpc) is 3.25. The van der Waals surface area contributed by atoms with E-state index in [1.54, 1.807) is 38.7 Å².